The van der Waals surface area contributed by atoms with E-state index in [1.165, 1.54) is 19.7 Å². The van der Waals surface area contributed by atoms with Gasteiger partial charge in [0.15, 0.2) is 0 Å². The first kappa shape index (κ1) is 22.3. The van der Waals surface area contributed by atoms with Crippen molar-refractivity contribution in [3.8, 4) is 11.8 Å². The fourth-order valence-corrected chi connectivity index (χ4v) is 6.17. The molecule has 0 unspecified atom stereocenters. The van der Waals surface area contributed by atoms with E-state index >= 15 is 0 Å². The molecule has 1 aliphatic heterocycles. The number of pyridine rings is 1. The maximum Gasteiger partial charge on any atom is 0.356 e. The van der Waals surface area contributed by atoms with E-state index in [0.29, 0.717) is 29.3 Å². The minimum Gasteiger partial charge on any atom is -0.464 e. The Kier molecular flexibility index (Phi) is 6.77. The van der Waals surface area contributed by atoms with Gasteiger partial charge in [0.1, 0.15) is 5.69 Å². The summed E-state index contributed by atoms with van der Waals surface area (Å²) in [6.45, 7) is 0.558. The van der Waals surface area contributed by atoms with Gasteiger partial charge in [0.2, 0.25) is 0 Å². The Labute approximate surface area is 189 Å². The number of benzene rings is 1. The smallest absolute Gasteiger partial charge is 0.356 e. The zero-order valence-electron chi connectivity index (χ0n) is 18.1. The van der Waals surface area contributed by atoms with Gasteiger partial charge in [-0.25, -0.2) is 9.78 Å². The number of nitrogens with one attached hydrogen (secondary N) is 1. The third-order valence-electron chi connectivity index (χ3n) is 6.17. The van der Waals surface area contributed by atoms with Gasteiger partial charge < -0.3 is 4.74 Å². The zero-order valence-corrected chi connectivity index (χ0v) is 18.9. The number of carbonyl (C=O) groups is 1. The first-order valence-electron chi connectivity index (χ1n) is 10.9. The molecule has 0 amide bonds. The molecule has 8 heteroatoms. The van der Waals surface area contributed by atoms with Gasteiger partial charge in [0, 0.05) is 29.9 Å². The van der Waals surface area contributed by atoms with E-state index < -0.39 is 16.2 Å². The molecule has 1 aromatic heterocycles. The molecule has 0 radical (unpaired) electrons. The number of nitrogens with zero attached hydrogens (tertiary/aromatic N) is 2. The van der Waals surface area contributed by atoms with E-state index in [-0.39, 0.29) is 11.7 Å². The normalized spacial score (nSPS) is 21.0. The Hall–Kier alpha value is -2.89. The number of para-hydroxylation sites is 1. The second kappa shape index (κ2) is 9.72. The Morgan fingerprint density at radius 3 is 2.66 bits per heavy atom. The van der Waals surface area contributed by atoms with Crippen molar-refractivity contribution in [3.05, 3.63) is 59.4 Å². The number of hydrogen-bond donors (Lipinski definition) is 1. The summed E-state index contributed by atoms with van der Waals surface area (Å²) in [5, 5.41) is 0. The van der Waals surface area contributed by atoms with Crippen LogP contribution in [0.2, 0.25) is 0 Å². The summed E-state index contributed by atoms with van der Waals surface area (Å²) in [7, 11) is -2.38. The highest BCUT2D eigenvalue weighted by Crippen LogP contribution is 2.37. The fraction of sp³-hybridized carbons (Fsp3) is 0.417. The minimum atomic E-state index is -3.68. The van der Waals surface area contributed by atoms with Crippen LogP contribution in [0.15, 0.2) is 42.6 Å². The van der Waals surface area contributed by atoms with Gasteiger partial charge in [-0.3, -0.25) is 4.72 Å². The number of esters is 1. The SMILES string of the molecule is COC(=O)c1ccc(C#Cc2ccccc2NS(=O)(=O)N2CCC[C@H]3CCCC[C@H]32)cn1. The quantitative estimate of drug-likeness (QED) is 0.565. The lowest BCUT2D eigenvalue weighted by Crippen LogP contribution is -2.51. The average Bonchev–Trinajstić information content (AvgIpc) is 2.82. The Morgan fingerprint density at radius 1 is 1.09 bits per heavy atom. The maximum atomic E-state index is 13.3. The average molecular weight is 454 g/mol. The van der Waals surface area contributed by atoms with Crippen molar-refractivity contribution in [1.82, 2.24) is 9.29 Å². The summed E-state index contributed by atoms with van der Waals surface area (Å²) in [5.41, 5.74) is 1.84. The number of fused-ring (bicyclic) bond motifs is 1. The summed E-state index contributed by atoms with van der Waals surface area (Å²) < 4.78 is 35.6. The highest BCUT2D eigenvalue weighted by Gasteiger charge is 2.39. The van der Waals surface area contributed by atoms with Crippen molar-refractivity contribution in [3.63, 3.8) is 0 Å². The number of ether oxygens (including phenoxy) is 1. The van der Waals surface area contributed by atoms with Crippen LogP contribution in [0, 0.1) is 17.8 Å². The molecule has 1 saturated carbocycles. The van der Waals surface area contributed by atoms with Crippen LogP contribution in [0.5, 0.6) is 0 Å². The van der Waals surface area contributed by atoms with E-state index in [1.807, 2.05) is 6.07 Å². The van der Waals surface area contributed by atoms with E-state index in [1.54, 1.807) is 34.6 Å². The number of hydrogen-bond acceptors (Lipinski definition) is 5. The monoisotopic (exact) mass is 453 g/mol. The van der Waals surface area contributed by atoms with Crippen LogP contribution in [0.4, 0.5) is 5.69 Å². The van der Waals surface area contributed by atoms with Gasteiger partial charge in [-0.2, -0.15) is 12.7 Å². The van der Waals surface area contributed by atoms with Gasteiger partial charge in [-0.15, -0.1) is 0 Å². The fourth-order valence-electron chi connectivity index (χ4n) is 4.59. The van der Waals surface area contributed by atoms with Crippen LogP contribution in [0.25, 0.3) is 0 Å². The van der Waals surface area contributed by atoms with E-state index in [4.69, 9.17) is 0 Å². The molecule has 7 nitrogen and oxygen atoms in total. The molecule has 1 saturated heterocycles. The van der Waals surface area contributed by atoms with Crippen molar-refractivity contribution in [2.24, 2.45) is 5.92 Å². The molecule has 2 aromatic rings. The topological polar surface area (TPSA) is 88.6 Å². The molecular weight excluding hydrogens is 426 g/mol. The van der Waals surface area contributed by atoms with Crippen molar-refractivity contribution in [2.75, 3.05) is 18.4 Å². The van der Waals surface area contributed by atoms with Gasteiger partial charge in [0.25, 0.3) is 0 Å². The number of aromatic nitrogens is 1. The minimum absolute atomic E-state index is 0.0904. The van der Waals surface area contributed by atoms with Crippen LogP contribution >= 0.6 is 0 Å². The van der Waals surface area contributed by atoms with Gasteiger partial charge in [-0.05, 0) is 55.9 Å². The second-order valence-electron chi connectivity index (χ2n) is 8.19. The number of carbonyl (C=O) groups excluding carboxylic acids is 1. The molecule has 1 N–H and O–H groups in total. The molecule has 168 valence electrons. The summed E-state index contributed by atoms with van der Waals surface area (Å²) in [4.78, 5) is 15.6. The van der Waals surface area contributed by atoms with Crippen molar-refractivity contribution >= 4 is 21.9 Å². The summed E-state index contributed by atoms with van der Waals surface area (Å²) >= 11 is 0. The molecule has 2 fully saturated rings. The van der Waals surface area contributed by atoms with Crippen LogP contribution in [0.3, 0.4) is 0 Å². The zero-order chi connectivity index (χ0) is 22.6. The number of methoxy groups -OCH3 is 1. The van der Waals surface area contributed by atoms with Crippen LogP contribution in [0.1, 0.15) is 60.1 Å². The number of rotatable bonds is 4. The number of piperidine rings is 1. The van der Waals surface area contributed by atoms with Crippen LogP contribution in [-0.4, -0.2) is 43.4 Å². The largest absolute Gasteiger partial charge is 0.464 e. The standard InChI is InChI=1S/C24H27N3O4S/c1-31-24(28)22-15-13-18(17-25-22)12-14-19-7-2-4-10-21(19)26-32(29,30)27-16-6-9-20-8-3-5-11-23(20)27/h2,4,7,10,13,15,17,20,23,26H,3,5-6,8-9,11,16H2,1H3/t20-,23-/m1/s1. The summed E-state index contributed by atoms with van der Waals surface area (Å²) in [6.07, 6.45) is 7.82. The lowest BCUT2D eigenvalue weighted by Gasteiger charge is -2.43. The summed E-state index contributed by atoms with van der Waals surface area (Å²) in [5.74, 6) is 5.96. The van der Waals surface area contributed by atoms with Crippen molar-refractivity contribution in [1.29, 1.82) is 0 Å². The predicted octanol–water partition coefficient (Wildman–Crippen LogP) is 3.58. The van der Waals surface area contributed by atoms with E-state index in [0.717, 1.165) is 32.1 Å². The van der Waals surface area contributed by atoms with Crippen molar-refractivity contribution < 1.29 is 17.9 Å². The Bertz CT molecular complexity index is 1130. The molecule has 32 heavy (non-hydrogen) atoms. The molecule has 1 aromatic carbocycles. The van der Waals surface area contributed by atoms with Gasteiger partial charge in [-0.1, -0.05) is 36.8 Å². The maximum absolute atomic E-state index is 13.3. The third-order valence-corrected chi connectivity index (χ3v) is 7.72. The molecular formula is C24H27N3O4S. The van der Waals surface area contributed by atoms with Gasteiger partial charge in [0.05, 0.1) is 12.8 Å². The van der Waals surface area contributed by atoms with Crippen LogP contribution in [-0.2, 0) is 14.9 Å². The molecule has 2 heterocycles. The highest BCUT2D eigenvalue weighted by atomic mass is 32.2. The lowest BCUT2D eigenvalue weighted by molar-refractivity contribution is 0.0594. The Balaban J connectivity index is 1.54. The Morgan fingerprint density at radius 2 is 1.88 bits per heavy atom. The molecule has 0 spiro atoms. The highest BCUT2D eigenvalue weighted by molar-refractivity contribution is 7.90. The van der Waals surface area contributed by atoms with Crippen molar-refractivity contribution in [2.45, 2.75) is 44.6 Å². The molecule has 4 rings (SSSR count). The van der Waals surface area contributed by atoms with Gasteiger partial charge >= 0.3 is 16.2 Å². The van der Waals surface area contributed by atoms with E-state index in [2.05, 4.69) is 26.3 Å². The van der Waals surface area contributed by atoms with E-state index in [9.17, 15) is 13.2 Å². The first-order chi connectivity index (χ1) is 15.5. The number of anilines is 1. The second-order valence-corrected chi connectivity index (χ2v) is 9.81. The van der Waals surface area contributed by atoms with Crippen LogP contribution < -0.4 is 4.72 Å². The predicted molar refractivity (Wildman–Crippen MR) is 122 cm³/mol. The first-order valence-corrected chi connectivity index (χ1v) is 12.4. The third kappa shape index (κ3) is 4.95. The molecule has 2 atom stereocenters. The molecule has 0 bridgehead atoms. The summed E-state index contributed by atoms with van der Waals surface area (Å²) in [6, 6.07) is 10.4. The molecule has 1 aliphatic carbocycles. The lowest BCUT2D eigenvalue weighted by atomic mass is 9.79. The molecule has 2 aliphatic rings.